The fourth-order valence-corrected chi connectivity index (χ4v) is 3.64. The van der Waals surface area contributed by atoms with Crippen LogP contribution in [0.15, 0.2) is 59.5 Å². The standard InChI is InChI=1S/C22H21NO5S/c1-3-27-21(25)15(2)23-20(24)19(29-22(23)26)13-16-9-11-18(12-10-16)28-14-17-7-5-4-6-8-17/h4-13,15H,3,14H2,1-2H3/b19-13-. The SMILES string of the molecule is CCOC(=O)C(C)N1C(=O)S/C(=C\c2ccc(OCc3ccccc3)cc2)C1=O. The lowest BCUT2D eigenvalue weighted by Gasteiger charge is -2.19. The van der Waals surface area contributed by atoms with Gasteiger partial charge in [0.05, 0.1) is 11.5 Å². The number of hydrogen-bond acceptors (Lipinski definition) is 6. The zero-order valence-electron chi connectivity index (χ0n) is 16.2. The number of carbonyl (C=O) groups is 3. The van der Waals surface area contributed by atoms with E-state index in [1.807, 2.05) is 42.5 Å². The van der Waals surface area contributed by atoms with Crippen molar-refractivity contribution in [3.63, 3.8) is 0 Å². The van der Waals surface area contributed by atoms with Crippen LogP contribution >= 0.6 is 11.8 Å². The Labute approximate surface area is 173 Å². The molecule has 1 heterocycles. The summed E-state index contributed by atoms with van der Waals surface area (Å²) in [5.41, 5.74) is 1.83. The quantitative estimate of drug-likeness (QED) is 0.501. The molecule has 0 radical (unpaired) electrons. The minimum absolute atomic E-state index is 0.188. The highest BCUT2D eigenvalue weighted by molar-refractivity contribution is 8.18. The van der Waals surface area contributed by atoms with E-state index in [0.29, 0.717) is 12.4 Å². The van der Waals surface area contributed by atoms with Gasteiger partial charge in [0.1, 0.15) is 18.4 Å². The number of thioether (sulfide) groups is 1. The number of benzene rings is 2. The third kappa shape index (κ3) is 5.06. The first-order chi connectivity index (χ1) is 14.0. The molecule has 0 N–H and O–H groups in total. The molecule has 2 amide bonds. The number of imide groups is 1. The van der Waals surface area contributed by atoms with E-state index in [2.05, 4.69) is 0 Å². The molecule has 0 bridgehead atoms. The molecule has 2 aromatic rings. The van der Waals surface area contributed by atoms with E-state index < -0.39 is 23.2 Å². The molecule has 1 fully saturated rings. The van der Waals surface area contributed by atoms with Crippen LogP contribution in [0.5, 0.6) is 5.75 Å². The normalized spacial score (nSPS) is 16.2. The summed E-state index contributed by atoms with van der Waals surface area (Å²) in [6.45, 7) is 3.81. The Balaban J connectivity index is 1.66. The van der Waals surface area contributed by atoms with E-state index in [9.17, 15) is 14.4 Å². The Morgan fingerprint density at radius 3 is 2.45 bits per heavy atom. The van der Waals surface area contributed by atoms with Gasteiger partial charge in [-0.25, -0.2) is 4.79 Å². The van der Waals surface area contributed by atoms with Crippen LogP contribution in [-0.2, 0) is 20.9 Å². The number of esters is 1. The third-order valence-corrected chi connectivity index (χ3v) is 5.15. The monoisotopic (exact) mass is 411 g/mol. The zero-order chi connectivity index (χ0) is 20.8. The topological polar surface area (TPSA) is 72.9 Å². The van der Waals surface area contributed by atoms with Gasteiger partial charge in [-0.3, -0.25) is 14.5 Å². The van der Waals surface area contributed by atoms with Crippen LogP contribution in [0.1, 0.15) is 25.0 Å². The minimum Gasteiger partial charge on any atom is -0.489 e. The molecular weight excluding hydrogens is 390 g/mol. The lowest BCUT2D eigenvalue weighted by atomic mass is 10.2. The number of hydrogen-bond donors (Lipinski definition) is 0. The van der Waals surface area contributed by atoms with Gasteiger partial charge in [0.2, 0.25) is 0 Å². The number of rotatable bonds is 7. The maximum atomic E-state index is 12.6. The zero-order valence-corrected chi connectivity index (χ0v) is 17.0. The first-order valence-electron chi connectivity index (χ1n) is 9.20. The molecule has 29 heavy (non-hydrogen) atoms. The third-order valence-electron chi connectivity index (χ3n) is 4.26. The summed E-state index contributed by atoms with van der Waals surface area (Å²) < 4.78 is 10.7. The first-order valence-corrected chi connectivity index (χ1v) is 10.0. The summed E-state index contributed by atoms with van der Waals surface area (Å²) in [7, 11) is 0. The summed E-state index contributed by atoms with van der Waals surface area (Å²) in [6.07, 6.45) is 1.63. The van der Waals surface area contributed by atoms with Gasteiger partial charge in [-0.05, 0) is 54.9 Å². The van der Waals surface area contributed by atoms with Gasteiger partial charge in [0.15, 0.2) is 0 Å². The maximum Gasteiger partial charge on any atom is 0.329 e. The van der Waals surface area contributed by atoms with Crippen molar-refractivity contribution in [1.29, 1.82) is 0 Å². The molecule has 150 valence electrons. The predicted octanol–water partition coefficient (Wildman–Crippen LogP) is 4.25. The van der Waals surface area contributed by atoms with Gasteiger partial charge in [-0.15, -0.1) is 0 Å². The van der Waals surface area contributed by atoms with Crippen molar-refractivity contribution in [1.82, 2.24) is 4.90 Å². The van der Waals surface area contributed by atoms with E-state index >= 15 is 0 Å². The van der Waals surface area contributed by atoms with Crippen molar-refractivity contribution < 1.29 is 23.9 Å². The van der Waals surface area contributed by atoms with Crippen molar-refractivity contribution in [2.24, 2.45) is 0 Å². The largest absolute Gasteiger partial charge is 0.489 e. The maximum absolute atomic E-state index is 12.6. The lowest BCUT2D eigenvalue weighted by Crippen LogP contribution is -2.42. The summed E-state index contributed by atoms with van der Waals surface area (Å²) in [4.78, 5) is 37.9. The molecule has 2 aromatic carbocycles. The van der Waals surface area contributed by atoms with E-state index in [0.717, 1.165) is 27.8 Å². The number of amides is 2. The smallest absolute Gasteiger partial charge is 0.329 e. The summed E-state index contributed by atoms with van der Waals surface area (Å²) in [5, 5.41) is -0.482. The molecule has 1 atom stereocenters. The molecule has 0 saturated carbocycles. The van der Waals surface area contributed by atoms with Crippen LogP contribution in [0.25, 0.3) is 6.08 Å². The van der Waals surface area contributed by atoms with Gasteiger partial charge >= 0.3 is 5.97 Å². The van der Waals surface area contributed by atoms with Gasteiger partial charge in [-0.2, -0.15) is 0 Å². The second-order valence-electron chi connectivity index (χ2n) is 6.32. The highest BCUT2D eigenvalue weighted by Crippen LogP contribution is 2.34. The highest BCUT2D eigenvalue weighted by atomic mass is 32.2. The van der Waals surface area contributed by atoms with Crippen LogP contribution in [-0.4, -0.2) is 34.7 Å². The Kier molecular flexibility index (Phi) is 6.72. The fourth-order valence-electron chi connectivity index (χ4n) is 2.73. The van der Waals surface area contributed by atoms with Crippen molar-refractivity contribution in [3.05, 3.63) is 70.6 Å². The Morgan fingerprint density at radius 2 is 1.79 bits per heavy atom. The van der Waals surface area contributed by atoms with Crippen LogP contribution < -0.4 is 4.74 Å². The molecule has 0 spiro atoms. The highest BCUT2D eigenvalue weighted by Gasteiger charge is 2.41. The Hall–Kier alpha value is -3.06. The molecule has 1 saturated heterocycles. The van der Waals surface area contributed by atoms with Gasteiger partial charge in [0, 0.05) is 0 Å². The molecule has 0 aromatic heterocycles. The van der Waals surface area contributed by atoms with E-state index in [1.165, 1.54) is 6.92 Å². The van der Waals surface area contributed by atoms with Gasteiger partial charge < -0.3 is 9.47 Å². The van der Waals surface area contributed by atoms with E-state index in [-0.39, 0.29) is 11.5 Å². The van der Waals surface area contributed by atoms with Gasteiger partial charge in [-0.1, -0.05) is 42.5 Å². The molecule has 7 heteroatoms. The second kappa shape index (κ2) is 9.43. The Morgan fingerprint density at radius 1 is 1.10 bits per heavy atom. The average molecular weight is 411 g/mol. The van der Waals surface area contributed by atoms with Crippen LogP contribution in [0.4, 0.5) is 4.79 Å². The Bertz CT molecular complexity index is 924. The molecule has 3 rings (SSSR count). The first kappa shape index (κ1) is 20.7. The van der Waals surface area contributed by atoms with Crippen molar-refractivity contribution >= 4 is 35.0 Å². The average Bonchev–Trinajstić information content (AvgIpc) is 3.01. The number of ether oxygens (including phenoxy) is 2. The predicted molar refractivity (Wildman–Crippen MR) is 111 cm³/mol. The fraction of sp³-hybridized carbons (Fsp3) is 0.227. The van der Waals surface area contributed by atoms with Crippen molar-refractivity contribution in [3.8, 4) is 5.75 Å². The van der Waals surface area contributed by atoms with E-state index in [4.69, 9.17) is 9.47 Å². The van der Waals surface area contributed by atoms with Crippen molar-refractivity contribution in [2.75, 3.05) is 6.61 Å². The molecular formula is C22H21NO5S. The van der Waals surface area contributed by atoms with E-state index in [1.54, 1.807) is 25.1 Å². The number of carbonyl (C=O) groups excluding carboxylic acids is 3. The summed E-state index contributed by atoms with van der Waals surface area (Å²) >= 11 is 0.812. The van der Waals surface area contributed by atoms with Gasteiger partial charge in [0.25, 0.3) is 11.1 Å². The number of nitrogens with zero attached hydrogens (tertiary/aromatic N) is 1. The summed E-state index contributed by atoms with van der Waals surface area (Å²) in [6, 6.07) is 16.1. The second-order valence-corrected chi connectivity index (χ2v) is 7.32. The molecule has 1 aliphatic heterocycles. The van der Waals surface area contributed by atoms with Crippen LogP contribution in [0.3, 0.4) is 0 Å². The molecule has 0 aliphatic carbocycles. The summed E-state index contributed by atoms with van der Waals surface area (Å²) in [5.74, 6) is -0.393. The van der Waals surface area contributed by atoms with Crippen molar-refractivity contribution in [2.45, 2.75) is 26.5 Å². The lowest BCUT2D eigenvalue weighted by molar-refractivity contribution is -0.150. The molecule has 1 aliphatic rings. The molecule has 1 unspecified atom stereocenters. The minimum atomic E-state index is -0.956. The molecule has 6 nitrogen and oxygen atoms in total. The van der Waals surface area contributed by atoms with Crippen LogP contribution in [0.2, 0.25) is 0 Å². The van der Waals surface area contributed by atoms with Crippen LogP contribution in [0, 0.1) is 0 Å².